The van der Waals surface area contributed by atoms with Gasteiger partial charge in [-0.15, -0.1) is 0 Å². The first kappa shape index (κ1) is 16.4. The van der Waals surface area contributed by atoms with E-state index in [1.807, 2.05) is 31.2 Å². The number of hydrogen-bond acceptors (Lipinski definition) is 4. The number of aryl methyl sites for hydroxylation is 1. The second-order valence-electron chi connectivity index (χ2n) is 4.95. The number of anilines is 1. The minimum Gasteiger partial charge on any atom is -0.338 e. The van der Waals surface area contributed by atoms with Gasteiger partial charge in [-0.2, -0.15) is 0 Å². The number of hydrogen-bond donors (Lipinski definition) is 3. The minimum absolute atomic E-state index is 0.173. The van der Waals surface area contributed by atoms with Crippen LogP contribution in [0.15, 0.2) is 42.7 Å². The summed E-state index contributed by atoms with van der Waals surface area (Å²) in [4.78, 5) is 31.5. The van der Waals surface area contributed by atoms with Crippen LogP contribution in [0.5, 0.6) is 0 Å². The van der Waals surface area contributed by atoms with Crippen LogP contribution in [0.4, 0.5) is 10.6 Å². The fraction of sp³-hybridized carbons (Fsp3) is 0.250. The third-order valence-corrected chi connectivity index (χ3v) is 2.97. The number of amides is 3. The minimum atomic E-state index is -0.336. The molecule has 23 heavy (non-hydrogen) atoms. The average Bonchev–Trinajstić information content (AvgIpc) is 2.56. The van der Waals surface area contributed by atoms with Gasteiger partial charge in [-0.3, -0.25) is 9.78 Å². The molecule has 0 saturated carbocycles. The molecule has 0 unspecified atom stereocenters. The third-order valence-electron chi connectivity index (χ3n) is 2.97. The van der Waals surface area contributed by atoms with Crippen molar-refractivity contribution in [3.05, 3.63) is 54.0 Å². The lowest BCUT2D eigenvalue weighted by Crippen LogP contribution is -2.36. The Labute approximate surface area is 134 Å². The summed E-state index contributed by atoms with van der Waals surface area (Å²) in [6.45, 7) is 2.50. The molecule has 7 heteroatoms. The highest BCUT2D eigenvalue weighted by Crippen LogP contribution is 2.03. The van der Waals surface area contributed by atoms with Crippen molar-refractivity contribution in [1.29, 1.82) is 0 Å². The van der Waals surface area contributed by atoms with Crippen molar-refractivity contribution in [3.63, 3.8) is 0 Å². The van der Waals surface area contributed by atoms with Crippen molar-refractivity contribution >= 4 is 17.8 Å². The zero-order valence-electron chi connectivity index (χ0n) is 12.9. The first-order chi connectivity index (χ1) is 11.1. The van der Waals surface area contributed by atoms with Gasteiger partial charge < -0.3 is 16.0 Å². The van der Waals surface area contributed by atoms with Crippen LogP contribution in [-0.2, 0) is 11.3 Å². The van der Waals surface area contributed by atoms with Gasteiger partial charge in [0.25, 0.3) is 0 Å². The zero-order valence-corrected chi connectivity index (χ0v) is 12.9. The van der Waals surface area contributed by atoms with E-state index in [0.717, 1.165) is 11.3 Å². The molecule has 0 aliphatic carbocycles. The van der Waals surface area contributed by atoms with Gasteiger partial charge >= 0.3 is 6.03 Å². The summed E-state index contributed by atoms with van der Waals surface area (Å²) in [6.07, 6.45) is 3.52. The molecule has 0 saturated heterocycles. The topological polar surface area (TPSA) is 96.0 Å². The van der Waals surface area contributed by atoms with Crippen molar-refractivity contribution in [2.75, 3.05) is 11.9 Å². The molecule has 0 radical (unpaired) electrons. The number of aromatic nitrogens is 2. The Kier molecular flexibility index (Phi) is 6.05. The lowest BCUT2D eigenvalue weighted by molar-refractivity contribution is -0.116. The summed E-state index contributed by atoms with van der Waals surface area (Å²) < 4.78 is 0. The van der Waals surface area contributed by atoms with Gasteiger partial charge in [-0.1, -0.05) is 12.1 Å². The zero-order chi connectivity index (χ0) is 16.5. The molecule has 0 aromatic carbocycles. The maximum atomic E-state index is 11.7. The van der Waals surface area contributed by atoms with E-state index in [-0.39, 0.29) is 24.9 Å². The van der Waals surface area contributed by atoms with Crippen LogP contribution >= 0.6 is 0 Å². The number of nitrogens with one attached hydrogen (secondary N) is 3. The first-order valence-corrected chi connectivity index (χ1v) is 7.27. The van der Waals surface area contributed by atoms with Gasteiger partial charge in [0, 0.05) is 25.4 Å². The monoisotopic (exact) mass is 313 g/mol. The molecular formula is C16H19N5O2. The Morgan fingerprint density at radius 3 is 2.65 bits per heavy atom. The summed E-state index contributed by atoms with van der Waals surface area (Å²) >= 11 is 0. The van der Waals surface area contributed by atoms with Gasteiger partial charge in [0.15, 0.2) is 0 Å². The van der Waals surface area contributed by atoms with Crippen molar-refractivity contribution in [2.24, 2.45) is 0 Å². The molecule has 3 amide bonds. The van der Waals surface area contributed by atoms with Crippen molar-refractivity contribution in [2.45, 2.75) is 19.9 Å². The fourth-order valence-electron chi connectivity index (χ4n) is 1.77. The number of nitrogens with zero attached hydrogens (tertiary/aromatic N) is 2. The lowest BCUT2D eigenvalue weighted by Gasteiger charge is -2.08. The van der Waals surface area contributed by atoms with Gasteiger partial charge in [-0.25, -0.2) is 9.78 Å². The normalized spacial score (nSPS) is 9.96. The first-order valence-electron chi connectivity index (χ1n) is 7.27. The number of pyridine rings is 2. The average molecular weight is 313 g/mol. The van der Waals surface area contributed by atoms with Gasteiger partial charge in [0.2, 0.25) is 5.91 Å². The molecule has 0 aliphatic heterocycles. The predicted molar refractivity (Wildman–Crippen MR) is 86.7 cm³/mol. The van der Waals surface area contributed by atoms with Crippen molar-refractivity contribution < 1.29 is 9.59 Å². The van der Waals surface area contributed by atoms with E-state index < -0.39 is 0 Å². The van der Waals surface area contributed by atoms with Crippen LogP contribution in [0.25, 0.3) is 0 Å². The van der Waals surface area contributed by atoms with E-state index in [1.54, 1.807) is 18.5 Å². The summed E-state index contributed by atoms with van der Waals surface area (Å²) in [5.41, 5.74) is 1.79. The van der Waals surface area contributed by atoms with E-state index in [0.29, 0.717) is 12.4 Å². The largest absolute Gasteiger partial charge is 0.338 e. The Hall–Kier alpha value is -2.96. The van der Waals surface area contributed by atoms with Crippen LogP contribution < -0.4 is 16.0 Å². The van der Waals surface area contributed by atoms with E-state index >= 15 is 0 Å². The molecule has 0 fully saturated rings. The van der Waals surface area contributed by atoms with Crippen molar-refractivity contribution in [3.8, 4) is 0 Å². The van der Waals surface area contributed by atoms with Crippen LogP contribution in [-0.4, -0.2) is 28.5 Å². The Bertz CT molecular complexity index is 643. The molecule has 2 aromatic rings. The highest BCUT2D eigenvalue weighted by atomic mass is 16.2. The van der Waals surface area contributed by atoms with E-state index in [1.165, 1.54) is 0 Å². The summed E-state index contributed by atoms with van der Waals surface area (Å²) in [7, 11) is 0. The van der Waals surface area contributed by atoms with E-state index in [9.17, 15) is 9.59 Å². The van der Waals surface area contributed by atoms with E-state index in [2.05, 4.69) is 25.9 Å². The van der Waals surface area contributed by atoms with Crippen LogP contribution in [0, 0.1) is 6.92 Å². The second-order valence-corrected chi connectivity index (χ2v) is 4.95. The standard InChI is InChI=1S/C16H19N5O2/c1-12-5-6-14(19-10-12)21-15(22)7-9-18-16(23)20-11-13-4-2-3-8-17-13/h2-6,8,10H,7,9,11H2,1H3,(H2,18,20,23)(H,19,21,22). The lowest BCUT2D eigenvalue weighted by atomic mass is 10.3. The molecule has 120 valence electrons. The fourth-order valence-corrected chi connectivity index (χ4v) is 1.77. The molecule has 0 bridgehead atoms. The number of carbonyl (C=O) groups is 2. The Balaban J connectivity index is 1.63. The number of urea groups is 1. The SMILES string of the molecule is Cc1ccc(NC(=O)CCNC(=O)NCc2ccccn2)nc1. The highest BCUT2D eigenvalue weighted by molar-refractivity contribution is 5.90. The number of rotatable bonds is 6. The van der Waals surface area contributed by atoms with E-state index in [4.69, 9.17) is 0 Å². The molecule has 7 nitrogen and oxygen atoms in total. The maximum Gasteiger partial charge on any atom is 0.315 e. The molecule has 2 aromatic heterocycles. The summed E-state index contributed by atoms with van der Waals surface area (Å²) in [5, 5.41) is 7.96. The molecule has 2 rings (SSSR count). The Morgan fingerprint density at radius 2 is 1.96 bits per heavy atom. The van der Waals surface area contributed by atoms with Crippen LogP contribution in [0.2, 0.25) is 0 Å². The predicted octanol–water partition coefficient (Wildman–Crippen LogP) is 1.61. The molecule has 2 heterocycles. The van der Waals surface area contributed by atoms with Gasteiger partial charge in [0.05, 0.1) is 12.2 Å². The van der Waals surface area contributed by atoms with Crippen LogP contribution in [0.1, 0.15) is 17.7 Å². The van der Waals surface area contributed by atoms with Gasteiger partial charge in [-0.05, 0) is 30.7 Å². The summed E-state index contributed by atoms with van der Waals surface area (Å²) in [5.74, 6) is 0.298. The molecule has 0 aliphatic rings. The summed E-state index contributed by atoms with van der Waals surface area (Å²) in [6, 6.07) is 8.75. The molecule has 0 atom stereocenters. The van der Waals surface area contributed by atoms with Crippen LogP contribution in [0.3, 0.4) is 0 Å². The van der Waals surface area contributed by atoms with Gasteiger partial charge in [0.1, 0.15) is 5.82 Å². The highest BCUT2D eigenvalue weighted by Gasteiger charge is 2.05. The second kappa shape index (κ2) is 8.47. The smallest absolute Gasteiger partial charge is 0.315 e. The molecule has 3 N–H and O–H groups in total. The number of carbonyl (C=O) groups excluding carboxylic acids is 2. The third kappa shape index (κ3) is 6.13. The maximum absolute atomic E-state index is 11.7. The van der Waals surface area contributed by atoms with Crippen molar-refractivity contribution in [1.82, 2.24) is 20.6 Å². The molecule has 0 spiro atoms. The molecular weight excluding hydrogens is 294 g/mol. The quantitative estimate of drug-likeness (QED) is 0.755. The Morgan fingerprint density at radius 1 is 1.09 bits per heavy atom.